The van der Waals surface area contributed by atoms with Crippen molar-refractivity contribution in [1.29, 1.82) is 0 Å². The molecule has 22 heavy (non-hydrogen) atoms. The van der Waals surface area contributed by atoms with Crippen LogP contribution in [0, 0.1) is 0 Å². The number of benzene rings is 1. The molecule has 1 aromatic carbocycles. The lowest BCUT2D eigenvalue weighted by Crippen LogP contribution is -2.25. The van der Waals surface area contributed by atoms with Crippen LogP contribution in [0.15, 0.2) is 29.1 Å². The van der Waals surface area contributed by atoms with E-state index in [1.165, 1.54) is 11.3 Å². The van der Waals surface area contributed by atoms with Crippen LogP contribution in [-0.4, -0.2) is 22.4 Å². The number of amides is 1. The Kier molecular flexibility index (Phi) is 4.49. The molecule has 0 aliphatic carbocycles. The Hall–Kier alpha value is -1.79. The van der Waals surface area contributed by atoms with Crippen molar-refractivity contribution >= 4 is 38.8 Å². The quantitative estimate of drug-likeness (QED) is 0.772. The first-order chi connectivity index (χ1) is 10.6. The molecule has 0 unspecified atom stereocenters. The highest BCUT2D eigenvalue weighted by molar-refractivity contribution is 7.17. The lowest BCUT2D eigenvalue weighted by Gasteiger charge is -2.05. The third-order valence-corrected chi connectivity index (χ3v) is 5.40. The van der Waals surface area contributed by atoms with Gasteiger partial charge in [-0.3, -0.25) is 4.79 Å². The van der Waals surface area contributed by atoms with E-state index in [4.69, 9.17) is 0 Å². The number of nitrogens with zero attached hydrogens (tertiary/aromatic N) is 2. The lowest BCUT2D eigenvalue weighted by atomic mass is 10.2. The summed E-state index contributed by atoms with van der Waals surface area (Å²) < 4.78 is 0.941. The molecular weight excluding hydrogens is 314 g/mol. The largest absolute Gasteiger partial charge is 0.352 e. The summed E-state index contributed by atoms with van der Waals surface area (Å²) in [6, 6.07) is 5.63. The molecule has 3 rings (SSSR count). The summed E-state index contributed by atoms with van der Waals surface area (Å²) in [5.74, 6) is 0.409. The van der Waals surface area contributed by atoms with E-state index in [2.05, 4.69) is 34.5 Å². The summed E-state index contributed by atoms with van der Waals surface area (Å²) in [6.07, 6.45) is 0.758. The van der Waals surface area contributed by atoms with Gasteiger partial charge < -0.3 is 5.32 Å². The molecule has 1 N–H and O–H groups in total. The maximum atomic E-state index is 12.3. The Morgan fingerprint density at radius 1 is 1.32 bits per heavy atom. The van der Waals surface area contributed by atoms with Gasteiger partial charge in [-0.1, -0.05) is 19.9 Å². The second kappa shape index (κ2) is 6.54. The molecule has 0 fully saturated rings. The predicted octanol–water partition coefficient (Wildman–Crippen LogP) is 3.85. The molecule has 1 amide bonds. The maximum absolute atomic E-state index is 12.3. The fourth-order valence-corrected chi connectivity index (χ4v) is 3.84. The third kappa shape index (κ3) is 3.18. The fraction of sp³-hybridized carbons (Fsp3) is 0.312. The zero-order valence-corrected chi connectivity index (χ0v) is 14.1. The zero-order chi connectivity index (χ0) is 15.5. The number of hydrogen-bond acceptors (Lipinski definition) is 5. The van der Waals surface area contributed by atoms with Crippen LogP contribution >= 0.6 is 22.7 Å². The van der Waals surface area contributed by atoms with E-state index >= 15 is 0 Å². The minimum absolute atomic E-state index is 0.0471. The van der Waals surface area contributed by atoms with Crippen LogP contribution in [0.4, 0.5) is 0 Å². The summed E-state index contributed by atoms with van der Waals surface area (Å²) in [4.78, 5) is 21.1. The van der Waals surface area contributed by atoms with Crippen molar-refractivity contribution < 1.29 is 4.79 Å². The number of carbonyl (C=O) groups is 1. The van der Waals surface area contributed by atoms with Gasteiger partial charge in [-0.15, -0.1) is 22.7 Å². The van der Waals surface area contributed by atoms with Gasteiger partial charge in [0.05, 0.1) is 32.0 Å². The summed E-state index contributed by atoms with van der Waals surface area (Å²) >= 11 is 3.18. The number of carbonyl (C=O) groups excluding carboxylic acids is 1. The second-order valence-electron chi connectivity index (χ2n) is 5.34. The highest BCUT2D eigenvalue weighted by Gasteiger charge is 2.11. The van der Waals surface area contributed by atoms with Crippen LogP contribution in [-0.2, 0) is 6.42 Å². The highest BCUT2D eigenvalue weighted by Crippen LogP contribution is 2.22. The summed E-state index contributed by atoms with van der Waals surface area (Å²) in [6.45, 7) is 4.87. The molecule has 0 aliphatic rings. The first-order valence-corrected chi connectivity index (χ1v) is 8.96. The third-order valence-electron chi connectivity index (χ3n) is 3.33. The Labute approximate surface area is 137 Å². The number of thiazole rings is 2. The second-order valence-corrected chi connectivity index (χ2v) is 7.09. The van der Waals surface area contributed by atoms with Gasteiger partial charge in [-0.05, 0) is 12.1 Å². The average Bonchev–Trinajstić information content (AvgIpc) is 3.15. The molecule has 0 saturated carbocycles. The summed E-state index contributed by atoms with van der Waals surface area (Å²) in [5.41, 5.74) is 4.38. The molecular formula is C16H17N3OS2. The molecule has 2 aromatic heterocycles. The fourth-order valence-electron chi connectivity index (χ4n) is 2.17. The first kappa shape index (κ1) is 15.1. The lowest BCUT2D eigenvalue weighted by molar-refractivity contribution is 0.0956. The molecule has 0 atom stereocenters. The van der Waals surface area contributed by atoms with E-state index in [9.17, 15) is 4.79 Å². The molecule has 4 nitrogen and oxygen atoms in total. The Balaban J connectivity index is 1.61. The average molecular weight is 331 g/mol. The molecule has 0 radical (unpaired) electrons. The van der Waals surface area contributed by atoms with Gasteiger partial charge in [0.25, 0.3) is 5.91 Å². The SMILES string of the molecule is CC(C)c1nc(CCNC(=O)c2cccc3ncsc23)cs1. The molecule has 0 spiro atoms. The van der Waals surface area contributed by atoms with Crippen LogP contribution in [0.25, 0.3) is 10.2 Å². The van der Waals surface area contributed by atoms with E-state index in [0.717, 1.165) is 27.3 Å². The minimum atomic E-state index is -0.0471. The molecule has 0 aliphatic heterocycles. The van der Waals surface area contributed by atoms with Crippen molar-refractivity contribution in [2.45, 2.75) is 26.2 Å². The Morgan fingerprint density at radius 3 is 2.95 bits per heavy atom. The predicted molar refractivity (Wildman–Crippen MR) is 91.9 cm³/mol. The van der Waals surface area contributed by atoms with Gasteiger partial charge in [0.1, 0.15) is 0 Å². The molecule has 0 bridgehead atoms. The van der Waals surface area contributed by atoms with Crippen LogP contribution in [0.1, 0.15) is 40.8 Å². The van der Waals surface area contributed by atoms with Crippen molar-refractivity contribution in [1.82, 2.24) is 15.3 Å². The van der Waals surface area contributed by atoms with Crippen LogP contribution < -0.4 is 5.32 Å². The van der Waals surface area contributed by atoms with E-state index < -0.39 is 0 Å². The Morgan fingerprint density at radius 2 is 2.18 bits per heavy atom. The molecule has 3 aromatic rings. The van der Waals surface area contributed by atoms with E-state index in [-0.39, 0.29) is 5.91 Å². The van der Waals surface area contributed by atoms with Crippen molar-refractivity contribution in [2.24, 2.45) is 0 Å². The van der Waals surface area contributed by atoms with E-state index in [1.807, 2.05) is 18.2 Å². The number of aromatic nitrogens is 2. The summed E-state index contributed by atoms with van der Waals surface area (Å²) in [7, 11) is 0. The molecule has 2 heterocycles. The monoisotopic (exact) mass is 331 g/mol. The van der Waals surface area contributed by atoms with Crippen LogP contribution in [0.5, 0.6) is 0 Å². The van der Waals surface area contributed by atoms with Gasteiger partial charge >= 0.3 is 0 Å². The number of fused-ring (bicyclic) bond motifs is 1. The first-order valence-electron chi connectivity index (χ1n) is 7.20. The maximum Gasteiger partial charge on any atom is 0.252 e. The van der Waals surface area contributed by atoms with Crippen molar-refractivity contribution in [2.75, 3.05) is 6.54 Å². The van der Waals surface area contributed by atoms with Gasteiger partial charge in [-0.25, -0.2) is 9.97 Å². The van der Waals surface area contributed by atoms with E-state index in [0.29, 0.717) is 18.0 Å². The van der Waals surface area contributed by atoms with Gasteiger partial charge in [0.2, 0.25) is 0 Å². The number of rotatable bonds is 5. The Bertz CT molecular complexity index is 791. The van der Waals surface area contributed by atoms with Crippen LogP contribution in [0.3, 0.4) is 0 Å². The smallest absolute Gasteiger partial charge is 0.252 e. The van der Waals surface area contributed by atoms with Crippen molar-refractivity contribution in [3.63, 3.8) is 0 Å². The minimum Gasteiger partial charge on any atom is -0.352 e. The van der Waals surface area contributed by atoms with Gasteiger partial charge in [-0.2, -0.15) is 0 Å². The normalized spacial score (nSPS) is 11.2. The van der Waals surface area contributed by atoms with Crippen LogP contribution in [0.2, 0.25) is 0 Å². The van der Waals surface area contributed by atoms with Crippen molar-refractivity contribution in [3.05, 3.63) is 45.4 Å². The molecule has 0 saturated heterocycles. The van der Waals surface area contributed by atoms with Gasteiger partial charge in [0.15, 0.2) is 0 Å². The number of nitrogens with one attached hydrogen (secondary N) is 1. The standard InChI is InChI=1S/C16H17N3OS2/c1-10(2)16-19-11(8-21-16)6-7-17-15(20)12-4-3-5-13-14(12)22-9-18-13/h3-5,8-10H,6-7H2,1-2H3,(H,17,20). The summed E-state index contributed by atoms with van der Waals surface area (Å²) in [5, 5.41) is 6.20. The topological polar surface area (TPSA) is 54.9 Å². The van der Waals surface area contributed by atoms with Gasteiger partial charge in [0, 0.05) is 24.3 Å². The zero-order valence-electron chi connectivity index (χ0n) is 12.5. The highest BCUT2D eigenvalue weighted by atomic mass is 32.1. The number of hydrogen-bond donors (Lipinski definition) is 1. The molecule has 6 heteroatoms. The van der Waals surface area contributed by atoms with E-state index in [1.54, 1.807) is 16.8 Å². The van der Waals surface area contributed by atoms with Crippen molar-refractivity contribution in [3.8, 4) is 0 Å². The molecule has 114 valence electrons.